The van der Waals surface area contributed by atoms with Crippen LogP contribution in [0.1, 0.15) is 49.7 Å². The Morgan fingerprint density at radius 2 is 2.05 bits per heavy atom. The van der Waals surface area contributed by atoms with Crippen LogP contribution in [0.25, 0.3) is 0 Å². The first-order valence-corrected chi connectivity index (χ1v) is 7.83. The van der Waals surface area contributed by atoms with Gasteiger partial charge in [-0.25, -0.2) is 0 Å². The molecule has 1 aromatic rings. The highest BCUT2D eigenvalue weighted by molar-refractivity contribution is 5.77. The van der Waals surface area contributed by atoms with E-state index >= 15 is 0 Å². The maximum atomic E-state index is 12.7. The lowest BCUT2D eigenvalue weighted by atomic mass is 9.97. The van der Waals surface area contributed by atoms with Gasteiger partial charge in [0.2, 0.25) is 5.91 Å². The molecule has 1 atom stereocenters. The molecule has 1 aliphatic carbocycles. The normalized spacial score (nSPS) is 17.4. The van der Waals surface area contributed by atoms with Crippen molar-refractivity contribution in [3.8, 4) is 0 Å². The summed E-state index contributed by atoms with van der Waals surface area (Å²) in [6, 6.07) is 7.90. The summed E-state index contributed by atoms with van der Waals surface area (Å²) in [5, 5.41) is 0. The largest absolute Gasteiger partial charge is 0.406 e. The van der Waals surface area contributed by atoms with E-state index in [2.05, 4.69) is 0 Å². The number of nitrogens with zero attached hydrogens (tertiary/aromatic N) is 1. The average molecular weight is 313 g/mol. The Kier molecular flexibility index (Phi) is 5.48. The number of benzene rings is 1. The van der Waals surface area contributed by atoms with Crippen molar-refractivity contribution in [1.29, 1.82) is 0 Å². The lowest BCUT2D eigenvalue weighted by Crippen LogP contribution is -2.40. The maximum Gasteiger partial charge on any atom is 0.406 e. The van der Waals surface area contributed by atoms with Crippen molar-refractivity contribution < 1.29 is 18.0 Å². The molecule has 22 heavy (non-hydrogen) atoms. The van der Waals surface area contributed by atoms with Crippen LogP contribution in [0.15, 0.2) is 24.3 Å². The number of amides is 1. The predicted molar refractivity (Wildman–Crippen MR) is 79.7 cm³/mol. The molecule has 0 heterocycles. The smallest absolute Gasteiger partial charge is 0.334 e. The Balaban J connectivity index is 2.02. The zero-order valence-electron chi connectivity index (χ0n) is 12.8. The third-order valence-electron chi connectivity index (χ3n) is 4.18. The van der Waals surface area contributed by atoms with Gasteiger partial charge >= 0.3 is 6.18 Å². The van der Waals surface area contributed by atoms with Crippen LogP contribution in [-0.2, 0) is 11.2 Å². The van der Waals surface area contributed by atoms with Crippen LogP contribution < -0.4 is 0 Å². The van der Waals surface area contributed by atoms with Crippen molar-refractivity contribution in [3.63, 3.8) is 0 Å². The Labute approximate surface area is 129 Å². The van der Waals surface area contributed by atoms with E-state index in [-0.39, 0.29) is 24.8 Å². The average Bonchev–Trinajstić information content (AvgIpc) is 2.85. The summed E-state index contributed by atoms with van der Waals surface area (Å²) in [7, 11) is 0. The third kappa shape index (κ3) is 4.49. The van der Waals surface area contributed by atoms with E-state index in [1.54, 1.807) is 0 Å². The van der Waals surface area contributed by atoms with E-state index in [1.165, 1.54) is 5.56 Å². The Hall–Kier alpha value is -1.52. The zero-order valence-corrected chi connectivity index (χ0v) is 12.8. The molecule has 2 rings (SSSR count). The number of hydrogen-bond acceptors (Lipinski definition) is 1. The van der Waals surface area contributed by atoms with Crippen molar-refractivity contribution in [1.82, 2.24) is 4.90 Å². The van der Waals surface area contributed by atoms with Crippen LogP contribution in [0.3, 0.4) is 0 Å². The predicted octanol–water partition coefficient (Wildman–Crippen LogP) is 4.30. The molecule has 1 aliphatic rings. The first-order chi connectivity index (χ1) is 10.4. The van der Waals surface area contributed by atoms with Gasteiger partial charge in [-0.2, -0.15) is 13.2 Å². The van der Waals surface area contributed by atoms with Crippen molar-refractivity contribution in [3.05, 3.63) is 35.4 Å². The third-order valence-corrected chi connectivity index (χ3v) is 4.18. The molecule has 0 aliphatic heterocycles. The Bertz CT molecular complexity index is 513. The number of alkyl halides is 3. The van der Waals surface area contributed by atoms with Gasteiger partial charge in [0.15, 0.2) is 0 Å². The molecule has 122 valence electrons. The van der Waals surface area contributed by atoms with Gasteiger partial charge < -0.3 is 4.90 Å². The molecule has 2 nitrogen and oxygen atoms in total. The minimum absolute atomic E-state index is 0.0565. The molecular weight excluding hydrogens is 291 g/mol. The summed E-state index contributed by atoms with van der Waals surface area (Å²) in [5.74, 6) is -0.325. The molecule has 0 aromatic heterocycles. The van der Waals surface area contributed by atoms with E-state index in [0.29, 0.717) is 6.42 Å². The topological polar surface area (TPSA) is 20.3 Å². The molecule has 1 aromatic carbocycles. The van der Waals surface area contributed by atoms with Crippen molar-refractivity contribution in [2.45, 2.75) is 51.1 Å². The maximum absolute atomic E-state index is 12.7. The van der Waals surface area contributed by atoms with Crippen molar-refractivity contribution in [2.75, 3.05) is 13.1 Å². The molecular formula is C17H22F3NO. The highest BCUT2D eigenvalue weighted by Gasteiger charge is 2.34. The van der Waals surface area contributed by atoms with Crippen LogP contribution in [0.4, 0.5) is 13.2 Å². The second kappa shape index (κ2) is 7.16. The van der Waals surface area contributed by atoms with Crippen molar-refractivity contribution in [2.24, 2.45) is 0 Å². The number of fused-ring (bicyclic) bond motifs is 1. The van der Waals surface area contributed by atoms with Gasteiger partial charge in [0.25, 0.3) is 0 Å². The second-order valence-electron chi connectivity index (χ2n) is 5.92. The summed E-state index contributed by atoms with van der Waals surface area (Å²) < 4.78 is 38.0. The summed E-state index contributed by atoms with van der Waals surface area (Å²) in [4.78, 5) is 13.3. The van der Waals surface area contributed by atoms with Gasteiger partial charge in [-0.1, -0.05) is 37.6 Å². The number of aryl methyl sites for hydroxylation is 1. The molecule has 0 fully saturated rings. The molecule has 0 radical (unpaired) electrons. The molecule has 5 heteroatoms. The number of unbranched alkanes of at least 4 members (excludes halogenated alkanes) is 1. The number of hydrogen-bond donors (Lipinski definition) is 0. The molecule has 0 spiro atoms. The summed E-state index contributed by atoms with van der Waals surface area (Å²) in [5.41, 5.74) is 2.34. The van der Waals surface area contributed by atoms with Crippen LogP contribution in [0.2, 0.25) is 0 Å². The van der Waals surface area contributed by atoms with E-state index in [0.717, 1.165) is 29.7 Å². The molecule has 0 bridgehead atoms. The molecule has 0 N–H and O–H groups in total. The van der Waals surface area contributed by atoms with E-state index in [9.17, 15) is 18.0 Å². The van der Waals surface area contributed by atoms with E-state index < -0.39 is 12.7 Å². The van der Waals surface area contributed by atoms with Crippen LogP contribution in [0.5, 0.6) is 0 Å². The monoisotopic (exact) mass is 313 g/mol. The molecule has 0 saturated carbocycles. The molecule has 1 amide bonds. The van der Waals surface area contributed by atoms with Crippen LogP contribution in [-0.4, -0.2) is 30.1 Å². The SMILES string of the molecule is CCCCN(CC(F)(F)F)C(=O)CC1CCc2ccccc21. The number of rotatable bonds is 6. The van der Waals surface area contributed by atoms with Gasteiger partial charge in [0, 0.05) is 13.0 Å². The summed E-state index contributed by atoms with van der Waals surface area (Å²) >= 11 is 0. The van der Waals surface area contributed by atoms with Gasteiger partial charge in [0.1, 0.15) is 6.54 Å². The number of halogens is 3. The number of carbonyl (C=O) groups is 1. The Morgan fingerprint density at radius 1 is 1.32 bits per heavy atom. The summed E-state index contributed by atoms with van der Waals surface area (Å²) in [6.07, 6.45) is -1.04. The van der Waals surface area contributed by atoms with Crippen molar-refractivity contribution >= 4 is 5.91 Å². The second-order valence-corrected chi connectivity index (χ2v) is 5.92. The lowest BCUT2D eigenvalue weighted by molar-refractivity contribution is -0.161. The van der Waals surface area contributed by atoms with E-state index in [1.807, 2.05) is 31.2 Å². The highest BCUT2D eigenvalue weighted by Crippen LogP contribution is 2.35. The molecule has 0 saturated heterocycles. The first-order valence-electron chi connectivity index (χ1n) is 7.83. The fourth-order valence-corrected chi connectivity index (χ4v) is 3.05. The summed E-state index contributed by atoms with van der Waals surface area (Å²) in [6.45, 7) is 0.951. The van der Waals surface area contributed by atoms with Gasteiger partial charge in [0.05, 0.1) is 0 Å². The number of carbonyl (C=O) groups excluding carboxylic acids is 1. The zero-order chi connectivity index (χ0) is 16.2. The van der Waals surface area contributed by atoms with Gasteiger partial charge in [-0.15, -0.1) is 0 Å². The van der Waals surface area contributed by atoms with Crippen LogP contribution in [0, 0.1) is 0 Å². The molecule has 1 unspecified atom stereocenters. The van der Waals surface area contributed by atoms with Gasteiger partial charge in [-0.05, 0) is 36.3 Å². The minimum atomic E-state index is -4.34. The Morgan fingerprint density at radius 3 is 2.73 bits per heavy atom. The standard InChI is InChI=1S/C17H22F3NO/c1-2-3-10-21(12-17(18,19)20)16(22)11-14-9-8-13-6-4-5-7-15(13)14/h4-7,14H,2-3,8-12H2,1H3. The highest BCUT2D eigenvalue weighted by atomic mass is 19.4. The lowest BCUT2D eigenvalue weighted by Gasteiger charge is -2.25. The minimum Gasteiger partial charge on any atom is -0.334 e. The quantitative estimate of drug-likeness (QED) is 0.767. The van der Waals surface area contributed by atoms with Gasteiger partial charge in [-0.3, -0.25) is 4.79 Å². The first kappa shape index (κ1) is 16.8. The van der Waals surface area contributed by atoms with E-state index in [4.69, 9.17) is 0 Å². The fourth-order valence-electron chi connectivity index (χ4n) is 3.05. The fraction of sp³-hybridized carbons (Fsp3) is 0.588. The van der Waals surface area contributed by atoms with Crippen LogP contribution >= 0.6 is 0 Å².